The van der Waals surface area contributed by atoms with E-state index in [1.807, 2.05) is 38.1 Å². The summed E-state index contributed by atoms with van der Waals surface area (Å²) in [6, 6.07) is 7.50. The van der Waals surface area contributed by atoms with Crippen LogP contribution in [0, 0.1) is 0 Å². The van der Waals surface area contributed by atoms with Gasteiger partial charge in [-0.1, -0.05) is 18.2 Å². The third-order valence-corrected chi connectivity index (χ3v) is 6.55. The number of nitrogens with one attached hydrogen (secondary N) is 2. The normalized spacial score (nSPS) is 24.0. The number of imidazole rings is 1. The number of carbonyl (C=O) groups excluding carboxylic acids is 1. The van der Waals surface area contributed by atoms with Crippen LogP contribution in [0.1, 0.15) is 33.4 Å². The molecule has 0 unspecified atom stereocenters. The molecule has 0 bridgehead atoms. The number of fused-ring (bicyclic) bond motifs is 2. The molecule has 6 heterocycles. The SMILES string of the molecule is CCCNc1cc(-n2cc(-c3ccccn3)nn2)nc2c1ncn2[C@@H]1O[C@H](C(=O)NC)[C@H]2OC(C)(C)O[C@H]21. The number of aromatic nitrogens is 7. The molecule has 0 aliphatic carbocycles. The molecule has 4 aromatic rings. The smallest absolute Gasteiger partial charge is 0.251 e. The van der Waals surface area contributed by atoms with E-state index < -0.39 is 30.3 Å². The first-order chi connectivity index (χ1) is 18.4. The second-order valence-corrected chi connectivity index (χ2v) is 9.67. The van der Waals surface area contributed by atoms with Crippen LogP contribution in [0.4, 0.5) is 5.69 Å². The fourth-order valence-corrected chi connectivity index (χ4v) is 4.85. The molecule has 0 spiro atoms. The largest absolute Gasteiger partial charge is 0.383 e. The molecule has 2 aliphatic rings. The van der Waals surface area contributed by atoms with Crippen molar-refractivity contribution >= 4 is 22.8 Å². The van der Waals surface area contributed by atoms with E-state index in [2.05, 4.69) is 37.8 Å². The summed E-state index contributed by atoms with van der Waals surface area (Å²) in [6.45, 7) is 6.48. The highest BCUT2D eigenvalue weighted by molar-refractivity contribution is 5.87. The molecule has 1 amide bonds. The molecular weight excluding hydrogens is 490 g/mol. The summed E-state index contributed by atoms with van der Waals surface area (Å²) in [7, 11) is 1.57. The van der Waals surface area contributed by atoms with Crippen molar-refractivity contribution in [3.8, 4) is 17.2 Å². The van der Waals surface area contributed by atoms with E-state index in [4.69, 9.17) is 19.2 Å². The Kier molecular flexibility index (Phi) is 6.05. The average Bonchev–Trinajstić information content (AvgIpc) is 3.69. The zero-order valence-electron chi connectivity index (χ0n) is 21.5. The van der Waals surface area contributed by atoms with Crippen molar-refractivity contribution in [1.29, 1.82) is 0 Å². The fraction of sp³-hybridized carbons (Fsp3) is 0.440. The number of anilines is 1. The Hall–Kier alpha value is -3.94. The van der Waals surface area contributed by atoms with Crippen LogP contribution in [0.3, 0.4) is 0 Å². The first-order valence-corrected chi connectivity index (χ1v) is 12.6. The van der Waals surface area contributed by atoms with E-state index in [1.165, 1.54) is 0 Å². The van der Waals surface area contributed by atoms with Gasteiger partial charge >= 0.3 is 0 Å². The predicted molar refractivity (Wildman–Crippen MR) is 136 cm³/mol. The van der Waals surface area contributed by atoms with Crippen LogP contribution < -0.4 is 10.6 Å². The molecule has 0 radical (unpaired) electrons. The van der Waals surface area contributed by atoms with Gasteiger partial charge in [0.15, 0.2) is 29.6 Å². The summed E-state index contributed by atoms with van der Waals surface area (Å²) < 4.78 is 21.9. The van der Waals surface area contributed by atoms with Gasteiger partial charge in [0.1, 0.15) is 23.4 Å². The molecule has 2 aliphatic heterocycles. The lowest BCUT2D eigenvalue weighted by Crippen LogP contribution is -2.41. The first kappa shape index (κ1) is 24.4. The third-order valence-electron chi connectivity index (χ3n) is 6.55. The second-order valence-electron chi connectivity index (χ2n) is 9.67. The quantitative estimate of drug-likeness (QED) is 0.372. The van der Waals surface area contributed by atoms with Crippen molar-refractivity contribution in [2.75, 3.05) is 18.9 Å². The molecule has 0 aromatic carbocycles. The van der Waals surface area contributed by atoms with Crippen molar-refractivity contribution in [2.45, 2.75) is 57.5 Å². The number of hydrogen-bond donors (Lipinski definition) is 2. The molecule has 13 heteroatoms. The molecule has 2 fully saturated rings. The molecule has 38 heavy (non-hydrogen) atoms. The Morgan fingerprint density at radius 1 is 1.16 bits per heavy atom. The lowest BCUT2D eigenvalue weighted by Gasteiger charge is -2.24. The molecule has 2 saturated heterocycles. The number of likely N-dealkylation sites (N-methyl/N-ethyl adjacent to an activating group) is 1. The highest BCUT2D eigenvalue weighted by Crippen LogP contribution is 2.44. The van der Waals surface area contributed by atoms with Gasteiger partial charge in [0, 0.05) is 25.9 Å². The minimum atomic E-state index is -0.866. The Bertz CT molecular complexity index is 1470. The van der Waals surface area contributed by atoms with Crippen LogP contribution in [0.25, 0.3) is 28.4 Å². The first-order valence-electron chi connectivity index (χ1n) is 12.6. The van der Waals surface area contributed by atoms with Crippen molar-refractivity contribution < 1.29 is 19.0 Å². The number of rotatable bonds is 7. The molecule has 6 rings (SSSR count). The fourth-order valence-electron chi connectivity index (χ4n) is 4.85. The Balaban J connectivity index is 1.43. The number of hydrogen-bond acceptors (Lipinski definition) is 10. The monoisotopic (exact) mass is 519 g/mol. The van der Waals surface area contributed by atoms with Crippen molar-refractivity contribution in [3.05, 3.63) is 43.0 Å². The summed E-state index contributed by atoms with van der Waals surface area (Å²) in [5, 5.41) is 14.7. The van der Waals surface area contributed by atoms with Gasteiger partial charge in [-0.2, -0.15) is 0 Å². The summed E-state index contributed by atoms with van der Waals surface area (Å²) in [5.41, 5.74) is 3.33. The maximum absolute atomic E-state index is 12.6. The van der Waals surface area contributed by atoms with Crippen LogP contribution in [-0.4, -0.2) is 78.1 Å². The maximum Gasteiger partial charge on any atom is 0.251 e. The van der Waals surface area contributed by atoms with Crippen LogP contribution in [0.15, 0.2) is 43.0 Å². The zero-order valence-corrected chi connectivity index (χ0v) is 21.5. The molecule has 13 nitrogen and oxygen atoms in total. The Morgan fingerprint density at radius 3 is 2.76 bits per heavy atom. The molecule has 0 saturated carbocycles. The van der Waals surface area contributed by atoms with Crippen LogP contribution >= 0.6 is 0 Å². The van der Waals surface area contributed by atoms with E-state index >= 15 is 0 Å². The minimum absolute atomic E-state index is 0.281. The lowest BCUT2D eigenvalue weighted by atomic mass is 10.1. The average molecular weight is 520 g/mol. The number of ether oxygens (including phenoxy) is 3. The zero-order chi connectivity index (χ0) is 26.4. The van der Waals surface area contributed by atoms with Crippen molar-refractivity contribution in [3.63, 3.8) is 0 Å². The van der Waals surface area contributed by atoms with Crippen molar-refractivity contribution in [1.82, 2.24) is 39.8 Å². The van der Waals surface area contributed by atoms with Crippen LogP contribution in [0.2, 0.25) is 0 Å². The van der Waals surface area contributed by atoms with Gasteiger partial charge in [0.2, 0.25) is 0 Å². The highest BCUT2D eigenvalue weighted by Gasteiger charge is 2.58. The van der Waals surface area contributed by atoms with Gasteiger partial charge in [0.05, 0.1) is 23.9 Å². The summed E-state index contributed by atoms with van der Waals surface area (Å²) >= 11 is 0. The molecule has 4 atom stereocenters. The standard InChI is InChI=1S/C25H29N9O4/c1-5-9-27-15-11-17(34-12-16(31-32-34)14-8-6-7-10-28-14)30-22-18(15)29-13-33(22)24-21-19(37-25(2,3)38-21)20(36-24)23(35)26-4/h6-8,10-13,19-21,24H,5,9H2,1-4H3,(H,26,35)(H,27,30)/t19-,20+,21-,24-/m1/s1. The summed E-state index contributed by atoms with van der Waals surface area (Å²) in [4.78, 5) is 26.5. The molecule has 4 aromatic heterocycles. The topological polar surface area (TPSA) is 143 Å². The van der Waals surface area contributed by atoms with E-state index in [1.54, 1.807) is 35.0 Å². The maximum atomic E-state index is 12.6. The molecular formula is C25H29N9O4. The molecule has 198 valence electrons. The number of carbonyl (C=O) groups is 1. The van der Waals surface area contributed by atoms with Crippen LogP contribution in [0.5, 0.6) is 0 Å². The summed E-state index contributed by atoms with van der Waals surface area (Å²) in [6.07, 6.45) is 3.43. The van der Waals surface area contributed by atoms with Gasteiger partial charge in [-0.05, 0) is 32.4 Å². The van der Waals surface area contributed by atoms with Gasteiger partial charge < -0.3 is 24.8 Å². The van der Waals surface area contributed by atoms with E-state index in [0.29, 0.717) is 28.4 Å². The van der Waals surface area contributed by atoms with Crippen molar-refractivity contribution in [2.24, 2.45) is 0 Å². The predicted octanol–water partition coefficient (Wildman–Crippen LogP) is 2.06. The minimum Gasteiger partial charge on any atom is -0.383 e. The van der Waals surface area contributed by atoms with E-state index in [9.17, 15) is 4.79 Å². The van der Waals surface area contributed by atoms with Gasteiger partial charge in [-0.25, -0.2) is 14.6 Å². The lowest BCUT2D eigenvalue weighted by molar-refractivity contribution is -0.197. The number of pyridine rings is 2. The van der Waals surface area contributed by atoms with Gasteiger partial charge in [-0.15, -0.1) is 5.10 Å². The second kappa shape index (κ2) is 9.42. The number of nitrogens with zero attached hydrogens (tertiary/aromatic N) is 7. The van der Waals surface area contributed by atoms with Gasteiger partial charge in [0.25, 0.3) is 5.91 Å². The molecule has 2 N–H and O–H groups in total. The van der Waals surface area contributed by atoms with E-state index in [-0.39, 0.29) is 5.91 Å². The van der Waals surface area contributed by atoms with E-state index in [0.717, 1.165) is 18.7 Å². The summed E-state index contributed by atoms with van der Waals surface area (Å²) in [5.74, 6) is -0.611. The Labute approximate surface area is 218 Å². The Morgan fingerprint density at radius 2 is 2.00 bits per heavy atom. The number of amides is 1. The van der Waals surface area contributed by atoms with Gasteiger partial charge in [-0.3, -0.25) is 14.3 Å². The van der Waals surface area contributed by atoms with Crippen LogP contribution in [-0.2, 0) is 19.0 Å². The highest BCUT2D eigenvalue weighted by atomic mass is 16.8. The third kappa shape index (κ3) is 4.18.